The summed E-state index contributed by atoms with van der Waals surface area (Å²) in [5.41, 5.74) is 0.920. The lowest BCUT2D eigenvalue weighted by Gasteiger charge is -2.57. The van der Waals surface area contributed by atoms with Crippen LogP contribution in [0.15, 0.2) is 12.4 Å². The van der Waals surface area contributed by atoms with Gasteiger partial charge in [-0.1, -0.05) is 13.8 Å². The van der Waals surface area contributed by atoms with Gasteiger partial charge in [-0.05, 0) is 31.8 Å². The van der Waals surface area contributed by atoms with Crippen molar-refractivity contribution in [3.63, 3.8) is 0 Å². The number of carbonyl (C=O) groups excluding carboxylic acids is 1. The van der Waals surface area contributed by atoms with Crippen molar-refractivity contribution in [3.8, 4) is 5.88 Å². The van der Waals surface area contributed by atoms with Crippen molar-refractivity contribution in [1.82, 2.24) is 19.8 Å². The van der Waals surface area contributed by atoms with Crippen LogP contribution < -0.4 is 4.74 Å². The van der Waals surface area contributed by atoms with E-state index in [9.17, 15) is 4.79 Å². The molecule has 0 radical (unpaired) electrons. The van der Waals surface area contributed by atoms with Crippen LogP contribution >= 0.6 is 0 Å². The van der Waals surface area contributed by atoms with E-state index in [1.807, 2.05) is 4.90 Å². The molecular weight excluding hydrogens is 292 g/mol. The summed E-state index contributed by atoms with van der Waals surface area (Å²) in [5, 5.41) is 0. The Hall–Kier alpha value is -1.69. The van der Waals surface area contributed by atoms with E-state index in [1.165, 1.54) is 25.9 Å². The number of hydrogen-bond donors (Lipinski definition) is 0. The van der Waals surface area contributed by atoms with Gasteiger partial charge in [-0.3, -0.25) is 4.79 Å². The second-order valence-electron chi connectivity index (χ2n) is 7.95. The van der Waals surface area contributed by atoms with Crippen LogP contribution in [0.2, 0.25) is 0 Å². The average Bonchev–Trinajstić information content (AvgIpc) is 2.80. The molecule has 0 bridgehead atoms. The average molecular weight is 318 g/mol. The maximum Gasteiger partial charge on any atom is 0.274 e. The van der Waals surface area contributed by atoms with Crippen LogP contribution in [0.25, 0.3) is 0 Å². The third-order valence-electron chi connectivity index (χ3n) is 5.37. The van der Waals surface area contributed by atoms with Crippen molar-refractivity contribution in [3.05, 3.63) is 18.1 Å². The molecule has 126 valence electrons. The Morgan fingerprint density at radius 3 is 2.65 bits per heavy atom. The van der Waals surface area contributed by atoms with Gasteiger partial charge < -0.3 is 14.5 Å². The van der Waals surface area contributed by atoms with E-state index < -0.39 is 0 Å². The van der Waals surface area contributed by atoms with E-state index in [1.54, 1.807) is 0 Å². The lowest BCUT2D eigenvalue weighted by molar-refractivity contribution is -0.0789. The zero-order valence-corrected chi connectivity index (χ0v) is 14.7. The summed E-state index contributed by atoms with van der Waals surface area (Å²) in [7, 11) is 5.75. The highest BCUT2D eigenvalue weighted by atomic mass is 16.5. The monoisotopic (exact) mass is 318 g/mol. The van der Waals surface area contributed by atoms with E-state index in [0.29, 0.717) is 22.9 Å². The summed E-state index contributed by atoms with van der Waals surface area (Å²) < 4.78 is 5.00. The van der Waals surface area contributed by atoms with Gasteiger partial charge in [0.15, 0.2) is 0 Å². The molecule has 1 saturated heterocycles. The first kappa shape index (κ1) is 16.2. The number of hydrogen-bond acceptors (Lipinski definition) is 5. The first-order valence-corrected chi connectivity index (χ1v) is 8.07. The molecule has 0 N–H and O–H groups in total. The Balaban J connectivity index is 1.78. The molecule has 1 aromatic heterocycles. The van der Waals surface area contributed by atoms with Gasteiger partial charge in [0.2, 0.25) is 5.88 Å². The van der Waals surface area contributed by atoms with Gasteiger partial charge in [-0.15, -0.1) is 0 Å². The highest BCUT2D eigenvalue weighted by molar-refractivity contribution is 5.92. The second kappa shape index (κ2) is 5.44. The van der Waals surface area contributed by atoms with Gasteiger partial charge in [0.1, 0.15) is 5.69 Å². The zero-order chi connectivity index (χ0) is 16.8. The molecule has 2 fully saturated rings. The summed E-state index contributed by atoms with van der Waals surface area (Å²) >= 11 is 0. The van der Waals surface area contributed by atoms with Gasteiger partial charge in [0, 0.05) is 25.0 Å². The summed E-state index contributed by atoms with van der Waals surface area (Å²) in [5.74, 6) is 0.948. The number of ether oxygens (including phenoxy) is 1. The van der Waals surface area contributed by atoms with E-state index in [4.69, 9.17) is 4.74 Å². The zero-order valence-electron chi connectivity index (χ0n) is 14.7. The number of aromatic nitrogens is 2. The van der Waals surface area contributed by atoms with Crippen LogP contribution in [0, 0.1) is 16.7 Å². The van der Waals surface area contributed by atoms with Crippen LogP contribution in [0.3, 0.4) is 0 Å². The fraction of sp³-hybridized carbons (Fsp3) is 0.706. The summed E-state index contributed by atoms with van der Waals surface area (Å²) in [6.45, 7) is 7.28. The minimum Gasteiger partial charge on any atom is -0.480 e. The van der Waals surface area contributed by atoms with Gasteiger partial charge in [-0.2, -0.15) is 0 Å². The highest BCUT2D eigenvalue weighted by Gasteiger charge is 2.63. The van der Waals surface area contributed by atoms with Crippen molar-refractivity contribution in [2.45, 2.75) is 20.3 Å². The SMILES string of the molecule is COc1cnc(C(=O)N2C[C@@H]3C(C)(C)C[C@]3(CN(C)C)C2)cn1. The van der Waals surface area contributed by atoms with Gasteiger partial charge in [-0.25, -0.2) is 9.97 Å². The fourth-order valence-electron chi connectivity index (χ4n) is 4.82. The quantitative estimate of drug-likeness (QED) is 0.843. The van der Waals surface area contributed by atoms with E-state index in [2.05, 4.69) is 42.8 Å². The number of carbonyl (C=O) groups is 1. The Labute approximate surface area is 137 Å². The molecule has 3 rings (SSSR count). The van der Waals surface area contributed by atoms with Crippen LogP contribution in [-0.2, 0) is 0 Å². The van der Waals surface area contributed by atoms with Gasteiger partial charge in [0.05, 0.1) is 19.5 Å². The smallest absolute Gasteiger partial charge is 0.274 e. The van der Waals surface area contributed by atoms with Crippen molar-refractivity contribution in [2.75, 3.05) is 40.8 Å². The number of rotatable bonds is 4. The topological polar surface area (TPSA) is 58.6 Å². The molecule has 0 aromatic carbocycles. The van der Waals surface area contributed by atoms with Crippen LogP contribution in [0.5, 0.6) is 5.88 Å². The molecule has 1 saturated carbocycles. The molecule has 1 aliphatic carbocycles. The van der Waals surface area contributed by atoms with Crippen LogP contribution in [0.1, 0.15) is 30.8 Å². The molecule has 6 heteroatoms. The maximum atomic E-state index is 12.8. The number of nitrogens with zero attached hydrogens (tertiary/aromatic N) is 4. The number of amides is 1. The Bertz CT molecular complexity index is 595. The van der Waals surface area contributed by atoms with Crippen LogP contribution in [0.4, 0.5) is 0 Å². The highest BCUT2D eigenvalue weighted by Crippen LogP contribution is 2.62. The summed E-state index contributed by atoms with van der Waals surface area (Å²) in [4.78, 5) is 25.3. The standard InChI is InChI=1S/C17H26N4O2/c1-16(2)9-17(10-20(3)4)11-21(8-13(16)17)15(22)12-6-19-14(23-5)7-18-12/h6-7,13H,8-11H2,1-5H3/t13-,17+/m1/s1. The normalized spacial score (nSPS) is 28.4. The third-order valence-corrected chi connectivity index (χ3v) is 5.37. The summed E-state index contributed by atoms with van der Waals surface area (Å²) in [6.07, 6.45) is 4.17. The molecule has 2 heterocycles. The third kappa shape index (κ3) is 2.69. The minimum atomic E-state index is -0.0246. The predicted octanol–water partition coefficient (Wildman–Crippen LogP) is 1.54. The number of fused-ring (bicyclic) bond motifs is 1. The molecule has 0 spiro atoms. The Morgan fingerprint density at radius 1 is 1.39 bits per heavy atom. The molecule has 2 atom stereocenters. The molecule has 1 aromatic rings. The van der Waals surface area contributed by atoms with Crippen molar-refractivity contribution < 1.29 is 9.53 Å². The molecule has 1 aliphatic heterocycles. The van der Waals surface area contributed by atoms with Crippen molar-refractivity contribution >= 4 is 5.91 Å². The number of likely N-dealkylation sites (tertiary alicyclic amines) is 1. The Kier molecular flexibility index (Phi) is 3.83. The molecule has 2 aliphatic rings. The molecule has 23 heavy (non-hydrogen) atoms. The van der Waals surface area contributed by atoms with Crippen LogP contribution in [-0.4, -0.2) is 66.5 Å². The predicted molar refractivity (Wildman–Crippen MR) is 87.4 cm³/mol. The second-order valence-corrected chi connectivity index (χ2v) is 7.95. The van der Waals surface area contributed by atoms with Crippen molar-refractivity contribution in [2.24, 2.45) is 16.7 Å². The Morgan fingerprint density at radius 2 is 2.13 bits per heavy atom. The maximum absolute atomic E-state index is 12.8. The lowest BCUT2D eigenvalue weighted by atomic mass is 9.48. The molecule has 1 amide bonds. The van der Waals surface area contributed by atoms with E-state index >= 15 is 0 Å². The molecular formula is C17H26N4O2. The largest absolute Gasteiger partial charge is 0.480 e. The first-order chi connectivity index (χ1) is 10.8. The first-order valence-electron chi connectivity index (χ1n) is 8.07. The van der Waals surface area contributed by atoms with Gasteiger partial charge in [0.25, 0.3) is 5.91 Å². The van der Waals surface area contributed by atoms with E-state index in [-0.39, 0.29) is 11.3 Å². The molecule has 0 unspecified atom stereocenters. The number of methoxy groups -OCH3 is 1. The van der Waals surface area contributed by atoms with E-state index in [0.717, 1.165) is 19.6 Å². The van der Waals surface area contributed by atoms with Gasteiger partial charge >= 0.3 is 0 Å². The van der Waals surface area contributed by atoms with Crippen molar-refractivity contribution in [1.29, 1.82) is 0 Å². The lowest BCUT2D eigenvalue weighted by Crippen LogP contribution is -2.57. The fourth-order valence-corrected chi connectivity index (χ4v) is 4.82. The molecule has 6 nitrogen and oxygen atoms in total. The summed E-state index contributed by atoms with van der Waals surface area (Å²) in [6, 6.07) is 0. The minimum absolute atomic E-state index is 0.0246.